The minimum atomic E-state index is -2.49. The maximum Gasteiger partial charge on any atom is 0.255 e. The van der Waals surface area contributed by atoms with Crippen LogP contribution < -0.4 is 5.32 Å². The summed E-state index contributed by atoms with van der Waals surface area (Å²) in [6, 6.07) is -0.0716. The Hall–Kier alpha value is -0.750. The molecule has 1 rings (SSSR count). The number of carbonyl (C=O) groups is 1. The normalized spacial score (nSPS) is 25.9. The highest BCUT2D eigenvalue weighted by Crippen LogP contribution is 2.16. The van der Waals surface area contributed by atoms with Crippen LogP contribution >= 0.6 is 0 Å². The average molecular weight is 222 g/mol. The van der Waals surface area contributed by atoms with Gasteiger partial charge in [0.1, 0.15) is 0 Å². The highest BCUT2D eigenvalue weighted by atomic mass is 19.3. The molecule has 0 aromatic heterocycles. The predicted molar refractivity (Wildman–Crippen MR) is 50.8 cm³/mol. The van der Waals surface area contributed by atoms with Crippen LogP contribution in [0, 0.1) is 5.92 Å². The van der Waals surface area contributed by atoms with Gasteiger partial charge in [0.05, 0.1) is 25.7 Å². The van der Waals surface area contributed by atoms with Crippen molar-refractivity contribution < 1.29 is 18.3 Å². The zero-order valence-corrected chi connectivity index (χ0v) is 8.87. The summed E-state index contributed by atoms with van der Waals surface area (Å²) in [6.07, 6.45) is -2.49. The molecular formula is C9H16F2N2O2. The lowest BCUT2D eigenvalue weighted by Crippen LogP contribution is -2.44. The smallest absolute Gasteiger partial charge is 0.255 e. The van der Waals surface area contributed by atoms with Crippen LogP contribution in [-0.2, 0) is 9.53 Å². The molecule has 0 bridgehead atoms. The first kappa shape index (κ1) is 12.3. The van der Waals surface area contributed by atoms with Crippen molar-refractivity contribution in [2.24, 2.45) is 5.92 Å². The van der Waals surface area contributed by atoms with Crippen molar-refractivity contribution in [3.63, 3.8) is 0 Å². The van der Waals surface area contributed by atoms with E-state index in [9.17, 15) is 13.6 Å². The molecular weight excluding hydrogens is 206 g/mol. The lowest BCUT2D eigenvalue weighted by atomic mass is 10.0. The molecule has 0 saturated carbocycles. The third-order valence-corrected chi connectivity index (χ3v) is 2.56. The average Bonchev–Trinajstić information content (AvgIpc) is 2.62. The van der Waals surface area contributed by atoms with Crippen molar-refractivity contribution in [3.05, 3.63) is 0 Å². The van der Waals surface area contributed by atoms with E-state index in [0.29, 0.717) is 13.2 Å². The molecule has 0 aromatic carbocycles. The first-order valence-electron chi connectivity index (χ1n) is 4.84. The van der Waals surface area contributed by atoms with Crippen LogP contribution in [-0.4, -0.2) is 57.1 Å². The number of nitrogens with one attached hydrogen (secondary N) is 1. The summed E-state index contributed by atoms with van der Waals surface area (Å²) in [7, 11) is 3.12. The van der Waals surface area contributed by atoms with E-state index in [1.807, 2.05) is 0 Å². The quantitative estimate of drug-likeness (QED) is 0.724. The Balaban J connectivity index is 2.51. The largest absolute Gasteiger partial charge is 0.379 e. The van der Waals surface area contributed by atoms with Gasteiger partial charge in [0.2, 0.25) is 5.91 Å². The Labute approximate surface area is 87.6 Å². The fourth-order valence-electron chi connectivity index (χ4n) is 1.66. The van der Waals surface area contributed by atoms with Crippen LogP contribution in [0.15, 0.2) is 0 Å². The molecule has 0 aromatic rings. The van der Waals surface area contributed by atoms with E-state index in [0.717, 1.165) is 4.90 Å². The fraction of sp³-hybridized carbons (Fsp3) is 0.889. The Morgan fingerprint density at radius 3 is 2.80 bits per heavy atom. The van der Waals surface area contributed by atoms with Gasteiger partial charge in [0.25, 0.3) is 6.43 Å². The maximum absolute atomic E-state index is 12.1. The molecule has 0 radical (unpaired) electrons. The summed E-state index contributed by atoms with van der Waals surface area (Å²) < 4.78 is 29.3. The number of amides is 1. The van der Waals surface area contributed by atoms with Crippen molar-refractivity contribution in [2.75, 3.05) is 33.9 Å². The molecule has 6 heteroatoms. The Bertz CT molecular complexity index is 226. The van der Waals surface area contributed by atoms with Crippen molar-refractivity contribution in [1.29, 1.82) is 0 Å². The molecule has 1 saturated heterocycles. The second-order valence-electron chi connectivity index (χ2n) is 3.65. The second-order valence-corrected chi connectivity index (χ2v) is 3.65. The van der Waals surface area contributed by atoms with Gasteiger partial charge in [-0.15, -0.1) is 0 Å². The van der Waals surface area contributed by atoms with Crippen molar-refractivity contribution in [2.45, 2.75) is 12.5 Å². The third-order valence-electron chi connectivity index (χ3n) is 2.56. The maximum atomic E-state index is 12.1. The summed E-state index contributed by atoms with van der Waals surface area (Å²) >= 11 is 0. The molecule has 0 aliphatic carbocycles. The molecule has 2 unspecified atom stereocenters. The highest BCUT2D eigenvalue weighted by Gasteiger charge is 2.35. The van der Waals surface area contributed by atoms with Crippen LogP contribution in [0.2, 0.25) is 0 Å². The van der Waals surface area contributed by atoms with Crippen LogP contribution in [0.5, 0.6) is 0 Å². The zero-order chi connectivity index (χ0) is 11.4. The number of carbonyl (C=O) groups excluding carboxylic acids is 1. The molecule has 15 heavy (non-hydrogen) atoms. The number of hydrogen-bond acceptors (Lipinski definition) is 3. The zero-order valence-electron chi connectivity index (χ0n) is 8.87. The lowest BCUT2D eigenvalue weighted by molar-refractivity contribution is -0.136. The van der Waals surface area contributed by atoms with Crippen molar-refractivity contribution >= 4 is 5.91 Å². The number of likely N-dealkylation sites (N-methyl/N-ethyl adjacent to an activating group) is 1. The SMILES string of the molecule is CNC1COCC1C(=O)N(C)CC(F)F. The first-order chi connectivity index (χ1) is 7.06. The van der Waals surface area contributed by atoms with Gasteiger partial charge in [-0.3, -0.25) is 4.79 Å². The minimum Gasteiger partial charge on any atom is -0.379 e. The Morgan fingerprint density at radius 2 is 2.27 bits per heavy atom. The summed E-state index contributed by atoms with van der Waals surface area (Å²) in [5.41, 5.74) is 0. The van der Waals surface area contributed by atoms with E-state index in [1.165, 1.54) is 7.05 Å². The second kappa shape index (κ2) is 5.37. The van der Waals surface area contributed by atoms with Gasteiger partial charge in [-0.1, -0.05) is 0 Å². The predicted octanol–water partition coefficient (Wildman–Crippen LogP) is -0.0557. The third kappa shape index (κ3) is 3.10. The molecule has 1 N–H and O–H groups in total. The molecule has 1 heterocycles. The van der Waals surface area contributed by atoms with E-state index >= 15 is 0 Å². The van der Waals surface area contributed by atoms with Gasteiger partial charge in [-0.05, 0) is 7.05 Å². The van der Waals surface area contributed by atoms with Crippen LogP contribution in [0.25, 0.3) is 0 Å². The molecule has 1 aliphatic heterocycles. The van der Waals surface area contributed by atoms with E-state index in [1.54, 1.807) is 7.05 Å². The van der Waals surface area contributed by atoms with Crippen LogP contribution in [0.3, 0.4) is 0 Å². The molecule has 88 valence electrons. The van der Waals surface area contributed by atoms with Crippen molar-refractivity contribution in [3.8, 4) is 0 Å². The fourth-order valence-corrected chi connectivity index (χ4v) is 1.66. The molecule has 4 nitrogen and oxygen atoms in total. The molecule has 0 spiro atoms. The Kier molecular flexibility index (Phi) is 4.41. The number of halogens is 2. The number of nitrogens with zero attached hydrogens (tertiary/aromatic N) is 1. The van der Waals surface area contributed by atoms with Gasteiger partial charge in [0.15, 0.2) is 0 Å². The monoisotopic (exact) mass is 222 g/mol. The Morgan fingerprint density at radius 1 is 1.60 bits per heavy atom. The lowest BCUT2D eigenvalue weighted by Gasteiger charge is -2.23. The summed E-state index contributed by atoms with van der Waals surface area (Å²) in [5.74, 6) is -0.633. The highest BCUT2D eigenvalue weighted by molar-refractivity contribution is 5.79. The number of ether oxygens (including phenoxy) is 1. The standard InChI is InChI=1S/C9H16F2N2O2/c1-12-7-5-15-4-6(7)9(14)13(2)3-8(10)11/h6-8,12H,3-5H2,1-2H3. The number of hydrogen-bond donors (Lipinski definition) is 1. The van der Waals surface area contributed by atoms with Crippen molar-refractivity contribution in [1.82, 2.24) is 10.2 Å². The van der Waals surface area contributed by atoms with E-state index in [-0.39, 0.29) is 17.9 Å². The summed E-state index contributed by atoms with van der Waals surface area (Å²) in [4.78, 5) is 12.8. The van der Waals surface area contributed by atoms with Gasteiger partial charge in [-0.2, -0.15) is 0 Å². The van der Waals surface area contributed by atoms with Crippen LogP contribution in [0.4, 0.5) is 8.78 Å². The summed E-state index contributed by atoms with van der Waals surface area (Å²) in [6.45, 7) is 0.235. The molecule has 1 fully saturated rings. The van der Waals surface area contributed by atoms with Gasteiger partial charge in [0, 0.05) is 13.1 Å². The van der Waals surface area contributed by atoms with Gasteiger partial charge in [-0.25, -0.2) is 8.78 Å². The van der Waals surface area contributed by atoms with Gasteiger partial charge < -0.3 is 15.0 Å². The van der Waals surface area contributed by atoms with E-state index < -0.39 is 13.0 Å². The number of alkyl halides is 2. The van der Waals surface area contributed by atoms with E-state index in [2.05, 4.69) is 5.32 Å². The molecule has 2 atom stereocenters. The van der Waals surface area contributed by atoms with Crippen LogP contribution in [0.1, 0.15) is 0 Å². The summed E-state index contributed by atoms with van der Waals surface area (Å²) in [5, 5.41) is 2.94. The topological polar surface area (TPSA) is 41.6 Å². The number of rotatable bonds is 4. The minimum absolute atomic E-state index is 0.0716. The van der Waals surface area contributed by atoms with E-state index in [4.69, 9.17) is 4.74 Å². The van der Waals surface area contributed by atoms with Gasteiger partial charge >= 0.3 is 0 Å². The molecule has 1 aliphatic rings. The molecule has 1 amide bonds. The first-order valence-corrected chi connectivity index (χ1v) is 4.84.